The second kappa shape index (κ2) is 7.95. The van der Waals surface area contributed by atoms with Gasteiger partial charge in [0.1, 0.15) is 11.8 Å². The maximum Gasteiger partial charge on any atom is 0.120 e. The van der Waals surface area contributed by atoms with Crippen LogP contribution in [0.15, 0.2) is 6.07 Å². The summed E-state index contributed by atoms with van der Waals surface area (Å²) < 4.78 is 6.97. The van der Waals surface area contributed by atoms with E-state index in [2.05, 4.69) is 23.3 Å². The van der Waals surface area contributed by atoms with E-state index in [1.807, 2.05) is 24.6 Å². The van der Waals surface area contributed by atoms with E-state index in [0.29, 0.717) is 5.69 Å². The average Bonchev–Trinajstić information content (AvgIpc) is 2.69. The molecule has 19 heavy (non-hydrogen) atoms. The third kappa shape index (κ3) is 4.67. The van der Waals surface area contributed by atoms with Gasteiger partial charge in [-0.05, 0) is 25.6 Å². The zero-order chi connectivity index (χ0) is 14.3. The lowest BCUT2D eigenvalue weighted by atomic mass is 10.2. The lowest BCUT2D eigenvalue weighted by molar-refractivity contribution is 0.161. The molecule has 1 N–H and O–H groups in total. The highest BCUT2D eigenvalue weighted by molar-refractivity contribution is 5.33. The summed E-state index contributed by atoms with van der Waals surface area (Å²) in [5.41, 5.74) is 3.06. The van der Waals surface area contributed by atoms with Gasteiger partial charge in [0.25, 0.3) is 0 Å². The highest BCUT2D eigenvalue weighted by atomic mass is 16.5. The van der Waals surface area contributed by atoms with Crippen molar-refractivity contribution in [3.63, 3.8) is 0 Å². The number of ether oxygens (including phenoxy) is 1. The third-order valence-corrected chi connectivity index (χ3v) is 3.42. The fourth-order valence-corrected chi connectivity index (χ4v) is 1.90. The Kier molecular flexibility index (Phi) is 6.57. The number of methoxy groups -OCH3 is 1. The molecule has 0 unspecified atom stereocenters. The normalized spacial score (nSPS) is 10.9. The molecule has 0 saturated carbocycles. The molecule has 1 aromatic heterocycles. The Bertz CT molecular complexity index is 433. The topological polar surface area (TPSA) is 53.2 Å². The molecule has 5 heteroatoms. The molecular formula is C14H24N4O. The van der Waals surface area contributed by atoms with Crippen LogP contribution in [0.2, 0.25) is 0 Å². The van der Waals surface area contributed by atoms with Crippen LogP contribution in [-0.4, -0.2) is 49.9 Å². The van der Waals surface area contributed by atoms with E-state index in [1.54, 1.807) is 7.11 Å². The molecule has 0 saturated heterocycles. The summed E-state index contributed by atoms with van der Waals surface area (Å²) in [5, 5.41) is 12.4. The van der Waals surface area contributed by atoms with Gasteiger partial charge in [0.15, 0.2) is 0 Å². The Morgan fingerprint density at radius 3 is 2.79 bits per heavy atom. The summed E-state index contributed by atoms with van der Waals surface area (Å²) in [5.74, 6) is 0. The quantitative estimate of drug-likeness (QED) is 0.708. The zero-order valence-electron chi connectivity index (χ0n) is 12.4. The monoisotopic (exact) mass is 264 g/mol. The SMILES string of the molecule is COCCN(C)CCNCc1cc(C#N)n(C)c1C. The van der Waals surface area contributed by atoms with Crippen LogP contribution in [0.1, 0.15) is 17.0 Å². The number of nitriles is 1. The molecule has 0 aliphatic heterocycles. The molecule has 0 bridgehead atoms. The fourth-order valence-electron chi connectivity index (χ4n) is 1.90. The van der Waals surface area contributed by atoms with Crippen molar-refractivity contribution >= 4 is 0 Å². The predicted octanol–water partition coefficient (Wildman–Crippen LogP) is 0.873. The summed E-state index contributed by atoms with van der Waals surface area (Å²) in [7, 11) is 5.73. The lowest BCUT2D eigenvalue weighted by Gasteiger charge is -2.16. The molecule has 5 nitrogen and oxygen atoms in total. The van der Waals surface area contributed by atoms with Crippen LogP contribution in [0.5, 0.6) is 0 Å². The van der Waals surface area contributed by atoms with E-state index in [-0.39, 0.29) is 0 Å². The third-order valence-electron chi connectivity index (χ3n) is 3.42. The summed E-state index contributed by atoms with van der Waals surface area (Å²) in [6.07, 6.45) is 0. The number of hydrogen-bond acceptors (Lipinski definition) is 4. The summed E-state index contributed by atoms with van der Waals surface area (Å²) in [6, 6.07) is 4.16. The molecule has 1 aromatic rings. The minimum atomic E-state index is 0.714. The zero-order valence-corrected chi connectivity index (χ0v) is 12.4. The summed E-state index contributed by atoms with van der Waals surface area (Å²) in [4.78, 5) is 2.23. The van der Waals surface area contributed by atoms with E-state index in [1.165, 1.54) is 5.56 Å². The maximum absolute atomic E-state index is 8.97. The first-order chi connectivity index (χ1) is 9.10. The Hall–Kier alpha value is -1.35. The molecule has 0 fully saturated rings. The number of aromatic nitrogens is 1. The first-order valence-electron chi connectivity index (χ1n) is 6.53. The Morgan fingerprint density at radius 1 is 1.47 bits per heavy atom. The van der Waals surface area contributed by atoms with Crippen LogP contribution in [0.4, 0.5) is 0 Å². The van der Waals surface area contributed by atoms with Crippen molar-refractivity contribution in [3.8, 4) is 6.07 Å². The molecule has 0 aliphatic carbocycles. The Balaban J connectivity index is 2.32. The molecule has 0 radical (unpaired) electrons. The number of nitrogens with zero attached hydrogens (tertiary/aromatic N) is 3. The van der Waals surface area contributed by atoms with Crippen molar-refractivity contribution in [2.24, 2.45) is 7.05 Å². The van der Waals surface area contributed by atoms with Crippen molar-refractivity contribution in [2.45, 2.75) is 13.5 Å². The van der Waals surface area contributed by atoms with Crippen LogP contribution in [0, 0.1) is 18.3 Å². The van der Waals surface area contributed by atoms with Gasteiger partial charge in [-0.2, -0.15) is 5.26 Å². The fraction of sp³-hybridized carbons (Fsp3) is 0.643. The van der Waals surface area contributed by atoms with Crippen LogP contribution < -0.4 is 5.32 Å². The molecule has 1 heterocycles. The van der Waals surface area contributed by atoms with Crippen molar-refractivity contribution in [2.75, 3.05) is 40.4 Å². The van der Waals surface area contributed by atoms with Gasteiger partial charge in [-0.15, -0.1) is 0 Å². The number of nitrogens with one attached hydrogen (secondary N) is 1. The van der Waals surface area contributed by atoms with E-state index < -0.39 is 0 Å². The Morgan fingerprint density at radius 2 is 2.21 bits per heavy atom. The number of hydrogen-bond donors (Lipinski definition) is 1. The molecule has 0 aromatic carbocycles. The smallest absolute Gasteiger partial charge is 0.120 e. The minimum absolute atomic E-state index is 0.714. The van der Waals surface area contributed by atoms with E-state index in [0.717, 1.165) is 38.5 Å². The molecule has 1 rings (SSSR count). The number of rotatable bonds is 8. The van der Waals surface area contributed by atoms with Crippen molar-refractivity contribution in [1.29, 1.82) is 5.26 Å². The van der Waals surface area contributed by atoms with Gasteiger partial charge in [0.05, 0.1) is 6.61 Å². The Labute approximate surface area is 115 Å². The van der Waals surface area contributed by atoms with Gasteiger partial charge in [0.2, 0.25) is 0 Å². The first kappa shape index (κ1) is 15.7. The van der Waals surface area contributed by atoms with Gasteiger partial charge < -0.3 is 19.5 Å². The van der Waals surface area contributed by atoms with E-state index in [4.69, 9.17) is 10.00 Å². The second-order valence-corrected chi connectivity index (χ2v) is 4.78. The highest BCUT2D eigenvalue weighted by Crippen LogP contribution is 2.12. The summed E-state index contributed by atoms with van der Waals surface area (Å²) in [6.45, 7) is 6.47. The van der Waals surface area contributed by atoms with Gasteiger partial charge in [-0.3, -0.25) is 0 Å². The minimum Gasteiger partial charge on any atom is -0.383 e. The molecular weight excluding hydrogens is 240 g/mol. The molecule has 0 aliphatic rings. The van der Waals surface area contributed by atoms with Gasteiger partial charge in [-0.1, -0.05) is 0 Å². The van der Waals surface area contributed by atoms with Crippen LogP contribution in [0.25, 0.3) is 0 Å². The number of likely N-dealkylation sites (N-methyl/N-ethyl adjacent to an activating group) is 1. The molecule has 0 amide bonds. The van der Waals surface area contributed by atoms with Crippen LogP contribution in [-0.2, 0) is 18.3 Å². The van der Waals surface area contributed by atoms with Crippen molar-refractivity contribution in [3.05, 3.63) is 23.0 Å². The molecule has 106 valence electrons. The van der Waals surface area contributed by atoms with Crippen molar-refractivity contribution in [1.82, 2.24) is 14.8 Å². The van der Waals surface area contributed by atoms with Gasteiger partial charge >= 0.3 is 0 Å². The first-order valence-corrected chi connectivity index (χ1v) is 6.53. The molecule has 0 spiro atoms. The second-order valence-electron chi connectivity index (χ2n) is 4.78. The van der Waals surface area contributed by atoms with E-state index in [9.17, 15) is 0 Å². The standard InChI is InChI=1S/C14H24N4O/c1-12-13(9-14(10-15)18(12)3)11-16-5-6-17(2)7-8-19-4/h9,16H,5-8,11H2,1-4H3. The van der Waals surface area contributed by atoms with Crippen LogP contribution in [0.3, 0.4) is 0 Å². The maximum atomic E-state index is 8.97. The average molecular weight is 264 g/mol. The summed E-state index contributed by atoms with van der Waals surface area (Å²) >= 11 is 0. The lowest BCUT2D eigenvalue weighted by Crippen LogP contribution is -2.31. The van der Waals surface area contributed by atoms with Crippen LogP contribution >= 0.6 is 0 Å². The van der Waals surface area contributed by atoms with Gasteiger partial charge in [-0.25, -0.2) is 0 Å². The van der Waals surface area contributed by atoms with Crippen molar-refractivity contribution < 1.29 is 4.74 Å². The molecule has 0 atom stereocenters. The predicted molar refractivity (Wildman–Crippen MR) is 75.9 cm³/mol. The largest absolute Gasteiger partial charge is 0.383 e. The highest BCUT2D eigenvalue weighted by Gasteiger charge is 2.07. The van der Waals surface area contributed by atoms with E-state index >= 15 is 0 Å². The van der Waals surface area contributed by atoms with Gasteiger partial charge in [0, 0.05) is 46.0 Å².